The van der Waals surface area contributed by atoms with Gasteiger partial charge in [0, 0.05) is 11.1 Å². The van der Waals surface area contributed by atoms with Crippen LogP contribution in [0.25, 0.3) is 0 Å². The standard InChI is InChI=1S/C16H18ClN3O2/c17-11-4-6-14(7-5-11)22-15-9-18-10-19-16(15)20-12-2-1-3-13(21)8-12/h4-7,9-10,12-13,21H,1-3,8H2,(H,18,19,20)/t12-,13+/m1/s1. The average molecular weight is 320 g/mol. The molecule has 0 unspecified atom stereocenters. The van der Waals surface area contributed by atoms with Crippen molar-refractivity contribution in [1.82, 2.24) is 9.97 Å². The van der Waals surface area contributed by atoms with Gasteiger partial charge in [0.2, 0.25) is 0 Å². The highest BCUT2D eigenvalue weighted by molar-refractivity contribution is 6.30. The molecule has 2 N–H and O–H groups in total. The van der Waals surface area contributed by atoms with Gasteiger partial charge in [-0.25, -0.2) is 9.97 Å². The predicted octanol–water partition coefficient (Wildman–Crippen LogP) is 3.64. The lowest BCUT2D eigenvalue weighted by atomic mass is 9.93. The van der Waals surface area contributed by atoms with Gasteiger partial charge in [-0.3, -0.25) is 0 Å². The molecule has 0 saturated heterocycles. The summed E-state index contributed by atoms with van der Waals surface area (Å²) in [6.07, 6.45) is 6.49. The number of nitrogens with zero attached hydrogens (tertiary/aromatic N) is 2. The average Bonchev–Trinajstić information content (AvgIpc) is 2.51. The highest BCUT2D eigenvalue weighted by Gasteiger charge is 2.21. The van der Waals surface area contributed by atoms with E-state index in [0.29, 0.717) is 22.3 Å². The molecule has 1 heterocycles. The second-order valence-corrected chi connectivity index (χ2v) is 5.89. The Balaban J connectivity index is 1.73. The van der Waals surface area contributed by atoms with Crippen molar-refractivity contribution in [3.8, 4) is 11.5 Å². The monoisotopic (exact) mass is 319 g/mol. The number of ether oxygens (including phenoxy) is 1. The molecule has 0 aliphatic heterocycles. The second kappa shape index (κ2) is 6.94. The number of benzene rings is 1. The lowest BCUT2D eigenvalue weighted by molar-refractivity contribution is 0.124. The second-order valence-electron chi connectivity index (χ2n) is 5.45. The SMILES string of the molecule is O[C@H]1CCC[C@@H](Nc2ncncc2Oc2ccc(Cl)cc2)C1. The minimum absolute atomic E-state index is 0.200. The molecule has 1 aliphatic carbocycles. The highest BCUT2D eigenvalue weighted by atomic mass is 35.5. The van der Waals surface area contributed by atoms with E-state index in [1.54, 1.807) is 30.5 Å². The number of hydrogen-bond donors (Lipinski definition) is 2. The van der Waals surface area contributed by atoms with Gasteiger partial charge < -0.3 is 15.2 Å². The van der Waals surface area contributed by atoms with Crippen LogP contribution in [0.1, 0.15) is 25.7 Å². The van der Waals surface area contributed by atoms with Gasteiger partial charge in [-0.05, 0) is 49.9 Å². The van der Waals surface area contributed by atoms with E-state index in [1.807, 2.05) is 0 Å². The van der Waals surface area contributed by atoms with Crippen LogP contribution in [-0.2, 0) is 0 Å². The normalized spacial score (nSPS) is 21.4. The summed E-state index contributed by atoms with van der Waals surface area (Å²) in [4.78, 5) is 8.27. The van der Waals surface area contributed by atoms with Crippen molar-refractivity contribution in [2.45, 2.75) is 37.8 Å². The Morgan fingerprint density at radius 1 is 1.23 bits per heavy atom. The molecule has 1 aromatic carbocycles. The summed E-state index contributed by atoms with van der Waals surface area (Å²) >= 11 is 5.87. The summed E-state index contributed by atoms with van der Waals surface area (Å²) in [6, 6.07) is 7.33. The molecule has 1 aromatic heterocycles. The van der Waals surface area contributed by atoms with Crippen LogP contribution in [0.2, 0.25) is 5.02 Å². The maximum atomic E-state index is 9.77. The van der Waals surface area contributed by atoms with Gasteiger partial charge in [-0.2, -0.15) is 0 Å². The summed E-state index contributed by atoms with van der Waals surface area (Å²) < 4.78 is 5.82. The minimum atomic E-state index is -0.242. The molecule has 5 nitrogen and oxygen atoms in total. The lowest BCUT2D eigenvalue weighted by Gasteiger charge is -2.27. The molecule has 0 spiro atoms. The van der Waals surface area contributed by atoms with Crippen LogP contribution >= 0.6 is 11.6 Å². The van der Waals surface area contributed by atoms with E-state index in [4.69, 9.17) is 16.3 Å². The van der Waals surface area contributed by atoms with Gasteiger partial charge in [-0.15, -0.1) is 0 Å². The Morgan fingerprint density at radius 2 is 2.05 bits per heavy atom. The zero-order valence-corrected chi connectivity index (χ0v) is 12.8. The number of aromatic nitrogens is 2. The van der Waals surface area contributed by atoms with Gasteiger partial charge in [0.1, 0.15) is 12.1 Å². The number of hydrogen-bond acceptors (Lipinski definition) is 5. The molecule has 2 aromatic rings. The molecule has 0 radical (unpaired) electrons. The number of aliphatic hydroxyl groups excluding tert-OH is 1. The topological polar surface area (TPSA) is 67.3 Å². The molecule has 1 fully saturated rings. The number of anilines is 1. The molecule has 1 aliphatic rings. The van der Waals surface area contributed by atoms with E-state index >= 15 is 0 Å². The largest absolute Gasteiger partial charge is 0.452 e. The van der Waals surface area contributed by atoms with Crippen LogP contribution in [0.5, 0.6) is 11.5 Å². The predicted molar refractivity (Wildman–Crippen MR) is 85.4 cm³/mol. The van der Waals surface area contributed by atoms with Crippen molar-refractivity contribution in [1.29, 1.82) is 0 Å². The number of nitrogens with one attached hydrogen (secondary N) is 1. The molecular formula is C16H18ClN3O2. The van der Waals surface area contributed by atoms with E-state index < -0.39 is 0 Å². The van der Waals surface area contributed by atoms with Gasteiger partial charge in [0.25, 0.3) is 0 Å². The Hall–Kier alpha value is -1.85. The summed E-state index contributed by atoms with van der Waals surface area (Å²) in [7, 11) is 0. The summed E-state index contributed by atoms with van der Waals surface area (Å²) in [5.74, 6) is 1.87. The molecule has 116 valence electrons. The fourth-order valence-electron chi connectivity index (χ4n) is 2.62. The minimum Gasteiger partial charge on any atom is -0.452 e. The highest BCUT2D eigenvalue weighted by Crippen LogP contribution is 2.30. The molecule has 0 amide bonds. The van der Waals surface area contributed by atoms with Crippen LogP contribution in [0, 0.1) is 0 Å². The molecule has 0 bridgehead atoms. The van der Waals surface area contributed by atoms with Crippen LogP contribution in [-0.4, -0.2) is 27.2 Å². The zero-order valence-electron chi connectivity index (χ0n) is 12.1. The summed E-state index contributed by atoms with van der Waals surface area (Å²) in [5, 5.41) is 13.8. The fourth-order valence-corrected chi connectivity index (χ4v) is 2.74. The summed E-state index contributed by atoms with van der Waals surface area (Å²) in [6.45, 7) is 0. The maximum absolute atomic E-state index is 9.77. The third kappa shape index (κ3) is 3.87. The van der Waals surface area contributed by atoms with Crippen molar-refractivity contribution in [2.75, 3.05) is 5.32 Å². The van der Waals surface area contributed by atoms with E-state index in [9.17, 15) is 5.11 Å². The Kier molecular flexibility index (Phi) is 4.75. The Morgan fingerprint density at radius 3 is 2.82 bits per heavy atom. The van der Waals surface area contributed by atoms with Crippen molar-refractivity contribution in [2.24, 2.45) is 0 Å². The third-order valence-corrected chi connectivity index (χ3v) is 3.96. The van der Waals surface area contributed by atoms with Crippen molar-refractivity contribution in [3.63, 3.8) is 0 Å². The van der Waals surface area contributed by atoms with E-state index in [1.165, 1.54) is 6.33 Å². The van der Waals surface area contributed by atoms with Gasteiger partial charge in [0.05, 0.1) is 12.3 Å². The Bertz CT molecular complexity index is 621. The van der Waals surface area contributed by atoms with Gasteiger partial charge >= 0.3 is 0 Å². The van der Waals surface area contributed by atoms with E-state index in [0.717, 1.165) is 25.7 Å². The van der Waals surface area contributed by atoms with Crippen molar-refractivity contribution < 1.29 is 9.84 Å². The number of halogens is 1. The first kappa shape index (κ1) is 15.1. The smallest absolute Gasteiger partial charge is 0.187 e. The molecular weight excluding hydrogens is 302 g/mol. The third-order valence-electron chi connectivity index (χ3n) is 3.71. The van der Waals surface area contributed by atoms with Crippen LogP contribution < -0.4 is 10.1 Å². The van der Waals surface area contributed by atoms with Gasteiger partial charge in [0.15, 0.2) is 11.6 Å². The van der Waals surface area contributed by atoms with Crippen LogP contribution in [0.3, 0.4) is 0 Å². The fraction of sp³-hybridized carbons (Fsp3) is 0.375. The quantitative estimate of drug-likeness (QED) is 0.900. The van der Waals surface area contributed by atoms with Gasteiger partial charge in [-0.1, -0.05) is 11.6 Å². The van der Waals surface area contributed by atoms with E-state index in [2.05, 4.69) is 15.3 Å². The first-order chi connectivity index (χ1) is 10.7. The van der Waals surface area contributed by atoms with Crippen molar-refractivity contribution in [3.05, 3.63) is 41.8 Å². The lowest BCUT2D eigenvalue weighted by Crippen LogP contribution is -2.30. The maximum Gasteiger partial charge on any atom is 0.187 e. The van der Waals surface area contributed by atoms with Crippen LogP contribution in [0.15, 0.2) is 36.8 Å². The van der Waals surface area contributed by atoms with Crippen LogP contribution in [0.4, 0.5) is 5.82 Å². The first-order valence-electron chi connectivity index (χ1n) is 7.39. The first-order valence-corrected chi connectivity index (χ1v) is 7.76. The number of rotatable bonds is 4. The molecule has 3 rings (SSSR count). The molecule has 1 saturated carbocycles. The molecule has 6 heteroatoms. The zero-order chi connectivity index (χ0) is 15.4. The summed E-state index contributed by atoms with van der Waals surface area (Å²) in [5.41, 5.74) is 0. The molecule has 2 atom stereocenters. The molecule has 22 heavy (non-hydrogen) atoms. The van der Waals surface area contributed by atoms with Crippen molar-refractivity contribution >= 4 is 17.4 Å². The van der Waals surface area contributed by atoms with E-state index in [-0.39, 0.29) is 12.1 Å². The Labute approximate surface area is 134 Å². The number of aliphatic hydroxyl groups is 1.